The summed E-state index contributed by atoms with van der Waals surface area (Å²) in [6.07, 6.45) is 2.17. The van der Waals surface area contributed by atoms with Gasteiger partial charge in [0.15, 0.2) is 5.78 Å². The van der Waals surface area contributed by atoms with E-state index in [4.69, 9.17) is 23.2 Å². The number of hydrogen-bond acceptors (Lipinski definition) is 3. The van der Waals surface area contributed by atoms with Crippen molar-refractivity contribution in [1.82, 2.24) is 14.8 Å². The highest BCUT2D eigenvalue weighted by Gasteiger charge is 2.56. The predicted molar refractivity (Wildman–Crippen MR) is 129 cm³/mol. The number of amides is 3. The molecule has 0 bridgehead atoms. The van der Waals surface area contributed by atoms with Gasteiger partial charge in [-0.2, -0.15) is 0 Å². The molecule has 2 atom stereocenters. The maximum Gasteiger partial charge on any atom is 0.325 e. The number of imide groups is 1. The van der Waals surface area contributed by atoms with Crippen LogP contribution in [0.3, 0.4) is 0 Å². The van der Waals surface area contributed by atoms with Crippen LogP contribution in [0.1, 0.15) is 61.8 Å². The zero-order valence-electron chi connectivity index (χ0n) is 19.6. The Kier molecular flexibility index (Phi) is 5.90. The second-order valence-corrected chi connectivity index (χ2v) is 11.2. The first-order valence-electron chi connectivity index (χ1n) is 11.2. The topological polar surface area (TPSA) is 71.4 Å². The first-order valence-corrected chi connectivity index (χ1v) is 11.9. The van der Waals surface area contributed by atoms with Gasteiger partial charge in [-0.25, -0.2) is 4.79 Å². The van der Waals surface area contributed by atoms with Crippen LogP contribution in [0.4, 0.5) is 4.79 Å². The fourth-order valence-corrected chi connectivity index (χ4v) is 6.24. The smallest absolute Gasteiger partial charge is 0.323 e. The van der Waals surface area contributed by atoms with Crippen LogP contribution in [0.2, 0.25) is 10.0 Å². The maximum atomic E-state index is 13.4. The van der Waals surface area contributed by atoms with Gasteiger partial charge in [0.05, 0.1) is 16.6 Å². The minimum atomic E-state index is -0.921. The van der Waals surface area contributed by atoms with Gasteiger partial charge in [-0.05, 0) is 68.7 Å². The molecule has 6 nitrogen and oxygen atoms in total. The Balaban J connectivity index is 1.60. The summed E-state index contributed by atoms with van der Waals surface area (Å²) in [6.45, 7) is 9.79. The van der Waals surface area contributed by atoms with Gasteiger partial charge in [0.2, 0.25) is 0 Å². The number of nitrogens with one attached hydrogen (secondary N) is 1. The van der Waals surface area contributed by atoms with E-state index in [0.717, 1.165) is 22.7 Å². The van der Waals surface area contributed by atoms with Crippen LogP contribution in [0, 0.1) is 25.2 Å². The Hall–Kier alpha value is -2.31. The number of halogens is 2. The number of carbonyl (C=O) groups excluding carboxylic acids is 3. The molecule has 0 unspecified atom stereocenters. The van der Waals surface area contributed by atoms with E-state index in [1.807, 2.05) is 24.5 Å². The molecular formula is C25H29Cl2N3O3. The average molecular weight is 490 g/mol. The molecule has 176 valence electrons. The number of rotatable bonds is 4. The van der Waals surface area contributed by atoms with Crippen LogP contribution in [-0.2, 0) is 4.79 Å². The van der Waals surface area contributed by atoms with Crippen LogP contribution in [-0.4, -0.2) is 39.3 Å². The third-order valence-corrected chi connectivity index (χ3v) is 7.56. The van der Waals surface area contributed by atoms with E-state index in [1.165, 1.54) is 0 Å². The van der Waals surface area contributed by atoms with E-state index in [1.54, 1.807) is 18.2 Å². The van der Waals surface area contributed by atoms with Gasteiger partial charge in [0, 0.05) is 22.6 Å². The van der Waals surface area contributed by atoms with Crippen molar-refractivity contribution in [3.05, 3.63) is 51.3 Å². The molecular weight excluding hydrogens is 461 g/mol. The largest absolute Gasteiger partial charge is 0.325 e. The highest BCUT2D eigenvalue weighted by atomic mass is 35.5. The van der Waals surface area contributed by atoms with Crippen molar-refractivity contribution in [2.45, 2.75) is 59.4 Å². The number of hydrogen-bond donors (Lipinski definition) is 1. The van der Waals surface area contributed by atoms with Crippen LogP contribution >= 0.6 is 23.2 Å². The molecule has 8 heteroatoms. The molecule has 2 heterocycles. The van der Waals surface area contributed by atoms with E-state index < -0.39 is 11.6 Å². The van der Waals surface area contributed by atoms with Crippen LogP contribution in [0.15, 0.2) is 24.3 Å². The van der Waals surface area contributed by atoms with Crippen molar-refractivity contribution in [1.29, 1.82) is 0 Å². The fourth-order valence-electron chi connectivity index (χ4n) is 5.94. The summed E-state index contributed by atoms with van der Waals surface area (Å²) in [5, 5.41) is 3.80. The Labute approximate surface area is 204 Å². The molecule has 1 saturated heterocycles. The lowest BCUT2D eigenvalue weighted by Crippen LogP contribution is -2.54. The van der Waals surface area contributed by atoms with E-state index in [0.29, 0.717) is 40.1 Å². The molecule has 1 aliphatic heterocycles. The van der Waals surface area contributed by atoms with Gasteiger partial charge in [-0.1, -0.05) is 44.0 Å². The first kappa shape index (κ1) is 23.8. The lowest BCUT2D eigenvalue weighted by Gasteiger charge is -2.43. The molecule has 4 rings (SSSR count). The summed E-state index contributed by atoms with van der Waals surface area (Å²) >= 11 is 12.2. The molecule has 1 aromatic carbocycles. The lowest BCUT2D eigenvalue weighted by molar-refractivity contribution is -0.134. The normalized spacial score (nSPS) is 24.5. The Morgan fingerprint density at radius 2 is 1.82 bits per heavy atom. The number of Topliss-reactive ketones (excluding diaryl/α,β-unsaturated/α-hetero) is 1. The summed E-state index contributed by atoms with van der Waals surface area (Å²) in [6, 6.07) is 6.57. The predicted octanol–water partition coefficient (Wildman–Crippen LogP) is 5.72. The molecule has 33 heavy (non-hydrogen) atoms. The van der Waals surface area contributed by atoms with Crippen molar-refractivity contribution >= 4 is 40.9 Å². The van der Waals surface area contributed by atoms with Crippen LogP contribution in [0.5, 0.6) is 0 Å². The number of aryl methyl sites for hydroxylation is 1. The molecule has 2 aliphatic rings. The number of carbonyl (C=O) groups is 3. The third kappa shape index (κ3) is 4.19. The van der Waals surface area contributed by atoms with E-state index >= 15 is 0 Å². The third-order valence-electron chi connectivity index (χ3n) is 6.82. The minimum Gasteiger partial charge on any atom is -0.323 e. The number of urea groups is 1. The summed E-state index contributed by atoms with van der Waals surface area (Å²) in [5.74, 6) is -0.268. The van der Waals surface area contributed by atoms with Crippen molar-refractivity contribution < 1.29 is 14.4 Å². The van der Waals surface area contributed by atoms with Gasteiger partial charge >= 0.3 is 6.03 Å². The van der Waals surface area contributed by atoms with Crippen molar-refractivity contribution in [2.24, 2.45) is 11.3 Å². The minimum absolute atomic E-state index is 0.0641. The van der Waals surface area contributed by atoms with Crippen molar-refractivity contribution in [3.63, 3.8) is 0 Å². The van der Waals surface area contributed by atoms with Crippen LogP contribution in [0.25, 0.3) is 5.69 Å². The monoisotopic (exact) mass is 489 g/mol. The molecule has 1 aromatic heterocycles. The van der Waals surface area contributed by atoms with Gasteiger partial charge in [-0.15, -0.1) is 0 Å². The van der Waals surface area contributed by atoms with Gasteiger partial charge in [0.25, 0.3) is 5.91 Å². The Morgan fingerprint density at radius 1 is 1.12 bits per heavy atom. The van der Waals surface area contributed by atoms with Gasteiger partial charge in [0.1, 0.15) is 5.54 Å². The zero-order chi connectivity index (χ0) is 24.3. The first-order chi connectivity index (χ1) is 15.3. The second kappa shape index (κ2) is 8.17. The van der Waals surface area contributed by atoms with E-state index in [-0.39, 0.29) is 23.7 Å². The molecule has 1 saturated carbocycles. The quantitative estimate of drug-likeness (QED) is 0.440. The summed E-state index contributed by atoms with van der Waals surface area (Å²) in [7, 11) is 0. The van der Waals surface area contributed by atoms with Gasteiger partial charge < -0.3 is 9.88 Å². The lowest BCUT2D eigenvalue weighted by atomic mass is 9.64. The van der Waals surface area contributed by atoms with Gasteiger partial charge in [-0.3, -0.25) is 14.5 Å². The highest BCUT2D eigenvalue weighted by molar-refractivity contribution is 6.42. The summed E-state index contributed by atoms with van der Waals surface area (Å²) in [4.78, 5) is 40.5. The molecule has 1 aliphatic carbocycles. The molecule has 2 aromatic rings. The molecule has 1 N–H and O–H groups in total. The standard InChI is InChI=1S/C25H29Cl2N3O3/c1-14-10-24(4,5)13-25(11-14)22(32)29(23(33)28-25)12-21(31)18-8-15(2)30(16(18)3)17-6-7-19(26)20(27)9-17/h6-9,14H,10-13H2,1-5H3,(H,28,33)/t14-,25-/m0/s1. The maximum absolute atomic E-state index is 13.4. The Morgan fingerprint density at radius 3 is 2.45 bits per heavy atom. The van der Waals surface area contributed by atoms with Crippen molar-refractivity contribution in [2.75, 3.05) is 6.54 Å². The number of aromatic nitrogens is 1. The zero-order valence-corrected chi connectivity index (χ0v) is 21.1. The number of benzene rings is 1. The second-order valence-electron chi connectivity index (χ2n) is 10.4. The molecule has 3 amide bonds. The molecule has 1 spiro atoms. The SMILES string of the molecule is Cc1cc(C(=O)CN2C(=O)N[C@]3(C[C@@H](C)CC(C)(C)C3)C2=O)c(C)n1-c1ccc(Cl)c(Cl)c1. The summed E-state index contributed by atoms with van der Waals surface area (Å²) < 4.78 is 1.91. The van der Waals surface area contributed by atoms with Crippen LogP contribution < -0.4 is 5.32 Å². The fraction of sp³-hybridized carbons (Fsp3) is 0.480. The number of nitrogens with zero attached hydrogens (tertiary/aromatic N) is 2. The Bertz CT molecular complexity index is 1170. The molecule has 2 fully saturated rings. The summed E-state index contributed by atoms with van der Waals surface area (Å²) in [5.41, 5.74) is 1.82. The average Bonchev–Trinajstić information content (AvgIpc) is 3.10. The number of ketones is 1. The van der Waals surface area contributed by atoms with E-state index in [9.17, 15) is 14.4 Å². The van der Waals surface area contributed by atoms with E-state index in [2.05, 4.69) is 26.1 Å². The van der Waals surface area contributed by atoms with Crippen molar-refractivity contribution in [3.8, 4) is 5.69 Å². The highest BCUT2D eigenvalue weighted by Crippen LogP contribution is 2.46. The molecule has 0 radical (unpaired) electrons.